The Morgan fingerprint density at radius 1 is 1.07 bits per heavy atom. The molecule has 0 saturated carbocycles. The second-order valence-corrected chi connectivity index (χ2v) is 6.54. The zero-order valence-electron chi connectivity index (χ0n) is 16.1. The van der Waals surface area contributed by atoms with Crippen molar-refractivity contribution in [1.82, 2.24) is 9.78 Å². The van der Waals surface area contributed by atoms with Gasteiger partial charge in [0.1, 0.15) is 18.1 Å². The van der Waals surface area contributed by atoms with Crippen molar-refractivity contribution in [3.05, 3.63) is 72.3 Å². The molecule has 0 fully saturated rings. The van der Waals surface area contributed by atoms with E-state index in [1.165, 1.54) is 35.1 Å². The van der Waals surface area contributed by atoms with Crippen LogP contribution in [0, 0.1) is 12.7 Å². The first kappa shape index (κ1) is 20.1. The van der Waals surface area contributed by atoms with E-state index in [4.69, 9.17) is 4.74 Å². The van der Waals surface area contributed by atoms with Crippen LogP contribution in [0.25, 0.3) is 0 Å². The summed E-state index contributed by atoms with van der Waals surface area (Å²) < 4.78 is 19.9. The van der Waals surface area contributed by atoms with E-state index >= 15 is 0 Å². The maximum absolute atomic E-state index is 12.9. The Morgan fingerprint density at radius 2 is 1.76 bits per heavy atom. The third-order valence-corrected chi connectivity index (χ3v) is 4.04. The topological polar surface area (TPSA) is 85.2 Å². The van der Waals surface area contributed by atoms with Crippen LogP contribution in [-0.4, -0.2) is 27.7 Å². The van der Waals surface area contributed by atoms with Gasteiger partial charge in [0.05, 0.1) is 11.9 Å². The zero-order chi connectivity index (χ0) is 20.8. The van der Waals surface area contributed by atoms with Crippen molar-refractivity contribution in [2.45, 2.75) is 26.5 Å². The van der Waals surface area contributed by atoms with Crippen molar-refractivity contribution in [2.24, 2.45) is 0 Å². The number of hydrogen-bond acceptors (Lipinski definition) is 4. The zero-order valence-corrected chi connectivity index (χ0v) is 16.1. The number of rotatable bonds is 7. The number of carbonyl (C=O) groups excluding carboxylic acids is 2. The molecule has 1 heterocycles. The maximum atomic E-state index is 12.9. The predicted octanol–water partition coefficient (Wildman–Crippen LogP) is 3.38. The highest BCUT2D eigenvalue weighted by Gasteiger charge is 2.16. The van der Waals surface area contributed by atoms with Gasteiger partial charge in [-0.3, -0.25) is 14.3 Å². The molecule has 3 aromatic rings. The molecule has 7 nitrogen and oxygen atoms in total. The molecule has 3 rings (SSSR count). The van der Waals surface area contributed by atoms with E-state index in [0.717, 1.165) is 5.56 Å². The minimum absolute atomic E-state index is 0.0529. The highest BCUT2D eigenvalue weighted by molar-refractivity contribution is 5.94. The lowest BCUT2D eigenvalue weighted by atomic mass is 10.2. The quantitative estimate of drug-likeness (QED) is 0.641. The van der Waals surface area contributed by atoms with Crippen LogP contribution in [0.15, 0.2) is 60.9 Å². The monoisotopic (exact) mass is 396 g/mol. The fourth-order valence-electron chi connectivity index (χ4n) is 2.51. The highest BCUT2D eigenvalue weighted by Crippen LogP contribution is 2.14. The van der Waals surface area contributed by atoms with E-state index in [1.54, 1.807) is 25.3 Å². The smallest absolute Gasteiger partial charge is 0.265 e. The van der Waals surface area contributed by atoms with Crippen LogP contribution < -0.4 is 15.4 Å². The number of aromatic nitrogens is 2. The van der Waals surface area contributed by atoms with Gasteiger partial charge in [0.15, 0.2) is 6.10 Å². The lowest BCUT2D eigenvalue weighted by Crippen LogP contribution is -2.30. The van der Waals surface area contributed by atoms with Gasteiger partial charge in [-0.05, 0) is 50.2 Å². The summed E-state index contributed by atoms with van der Waals surface area (Å²) in [7, 11) is 0. The summed E-state index contributed by atoms with van der Waals surface area (Å²) in [5.41, 5.74) is 2.04. The Labute approximate surface area is 167 Å². The predicted molar refractivity (Wildman–Crippen MR) is 107 cm³/mol. The second kappa shape index (κ2) is 9.01. The molecule has 2 amide bonds. The average molecular weight is 396 g/mol. The number of aryl methyl sites for hydroxylation is 1. The van der Waals surface area contributed by atoms with Gasteiger partial charge in [-0.2, -0.15) is 5.10 Å². The Hall–Kier alpha value is -3.68. The molecular weight excluding hydrogens is 375 g/mol. The first-order chi connectivity index (χ1) is 13.9. The van der Waals surface area contributed by atoms with Gasteiger partial charge >= 0.3 is 0 Å². The number of hydrogen-bond donors (Lipinski definition) is 2. The SMILES string of the molecule is Cc1ccc(O[C@H](C)C(=O)Nc2cnn(CC(=O)Nc3ccc(F)cc3)c2)cc1. The van der Waals surface area contributed by atoms with Crippen molar-refractivity contribution in [3.8, 4) is 5.75 Å². The van der Waals surface area contributed by atoms with Gasteiger partial charge in [0, 0.05) is 11.9 Å². The normalized spacial score (nSPS) is 11.6. The third kappa shape index (κ3) is 5.90. The Morgan fingerprint density at radius 3 is 2.45 bits per heavy atom. The van der Waals surface area contributed by atoms with Crippen LogP contribution >= 0.6 is 0 Å². The van der Waals surface area contributed by atoms with Crippen molar-refractivity contribution in [1.29, 1.82) is 0 Å². The molecule has 2 N–H and O–H groups in total. The molecular formula is C21H21FN4O3. The molecule has 0 spiro atoms. The standard InChI is InChI=1S/C21H21FN4O3/c1-14-3-9-19(10-4-14)29-15(2)21(28)25-18-11-23-26(12-18)13-20(27)24-17-7-5-16(22)6-8-17/h3-12,15H,13H2,1-2H3,(H,24,27)(H,25,28)/t15-/m1/s1. The summed E-state index contributed by atoms with van der Waals surface area (Å²) in [6.07, 6.45) is 2.28. The summed E-state index contributed by atoms with van der Waals surface area (Å²) >= 11 is 0. The lowest BCUT2D eigenvalue weighted by molar-refractivity contribution is -0.122. The molecule has 0 saturated heterocycles. The summed E-state index contributed by atoms with van der Waals surface area (Å²) in [5, 5.41) is 9.40. The van der Waals surface area contributed by atoms with Gasteiger partial charge < -0.3 is 15.4 Å². The minimum Gasteiger partial charge on any atom is -0.481 e. The van der Waals surface area contributed by atoms with Crippen LogP contribution in [0.2, 0.25) is 0 Å². The van der Waals surface area contributed by atoms with E-state index in [9.17, 15) is 14.0 Å². The number of benzene rings is 2. The molecule has 150 valence electrons. The lowest BCUT2D eigenvalue weighted by Gasteiger charge is -2.14. The van der Waals surface area contributed by atoms with Gasteiger partial charge in [-0.25, -0.2) is 4.39 Å². The van der Waals surface area contributed by atoms with Crippen LogP contribution in [0.4, 0.5) is 15.8 Å². The van der Waals surface area contributed by atoms with Gasteiger partial charge in [-0.1, -0.05) is 17.7 Å². The maximum Gasteiger partial charge on any atom is 0.265 e. The number of ether oxygens (including phenoxy) is 1. The molecule has 0 unspecified atom stereocenters. The van der Waals surface area contributed by atoms with Crippen molar-refractivity contribution >= 4 is 23.2 Å². The van der Waals surface area contributed by atoms with Crippen molar-refractivity contribution < 1.29 is 18.7 Å². The molecule has 1 aromatic heterocycles. The van der Waals surface area contributed by atoms with Gasteiger partial charge in [0.25, 0.3) is 5.91 Å². The van der Waals surface area contributed by atoms with E-state index in [0.29, 0.717) is 17.1 Å². The number of amides is 2. The molecule has 1 atom stereocenters. The van der Waals surface area contributed by atoms with Crippen molar-refractivity contribution in [3.63, 3.8) is 0 Å². The summed E-state index contributed by atoms with van der Waals surface area (Å²) in [4.78, 5) is 24.4. The molecule has 2 aromatic carbocycles. The van der Waals surface area contributed by atoms with Crippen LogP contribution in [0.3, 0.4) is 0 Å². The number of halogens is 1. The molecule has 0 aliphatic carbocycles. The van der Waals surface area contributed by atoms with Crippen LogP contribution in [0.5, 0.6) is 5.75 Å². The van der Waals surface area contributed by atoms with Crippen molar-refractivity contribution in [2.75, 3.05) is 10.6 Å². The van der Waals surface area contributed by atoms with E-state index < -0.39 is 6.10 Å². The van der Waals surface area contributed by atoms with Gasteiger partial charge in [-0.15, -0.1) is 0 Å². The Bertz CT molecular complexity index is 984. The summed E-state index contributed by atoms with van der Waals surface area (Å²) in [5.74, 6) is -0.433. The number of nitrogens with zero attached hydrogens (tertiary/aromatic N) is 2. The molecule has 0 radical (unpaired) electrons. The average Bonchev–Trinajstić information content (AvgIpc) is 3.12. The summed E-state index contributed by atoms with van der Waals surface area (Å²) in [6.45, 7) is 3.57. The third-order valence-electron chi connectivity index (χ3n) is 4.04. The van der Waals surface area contributed by atoms with Gasteiger partial charge in [0.2, 0.25) is 5.91 Å². The first-order valence-electron chi connectivity index (χ1n) is 9.01. The second-order valence-electron chi connectivity index (χ2n) is 6.54. The van der Waals surface area contributed by atoms with E-state index in [2.05, 4.69) is 15.7 Å². The number of anilines is 2. The fourth-order valence-corrected chi connectivity index (χ4v) is 2.51. The van der Waals surface area contributed by atoms with Crippen LogP contribution in [0.1, 0.15) is 12.5 Å². The van der Waals surface area contributed by atoms with Crippen LogP contribution in [-0.2, 0) is 16.1 Å². The molecule has 0 bridgehead atoms. The van der Waals surface area contributed by atoms with E-state index in [-0.39, 0.29) is 24.2 Å². The molecule has 8 heteroatoms. The minimum atomic E-state index is -0.706. The fraction of sp³-hybridized carbons (Fsp3) is 0.190. The Kier molecular flexibility index (Phi) is 6.23. The summed E-state index contributed by atoms with van der Waals surface area (Å²) in [6, 6.07) is 12.9. The molecule has 29 heavy (non-hydrogen) atoms. The molecule has 0 aliphatic heterocycles. The van der Waals surface area contributed by atoms with E-state index in [1.807, 2.05) is 19.1 Å². The Balaban J connectivity index is 1.51. The first-order valence-corrected chi connectivity index (χ1v) is 9.01. The number of nitrogens with one attached hydrogen (secondary N) is 2. The largest absolute Gasteiger partial charge is 0.481 e. The number of carbonyl (C=O) groups is 2. The highest BCUT2D eigenvalue weighted by atomic mass is 19.1. The molecule has 0 aliphatic rings.